The molecule has 0 aliphatic rings. The number of alkyl halides is 3. The number of nitrogens with two attached hydrogens (primary N) is 1. The van der Waals surface area contributed by atoms with Gasteiger partial charge in [0.05, 0.1) is 5.56 Å². The van der Waals surface area contributed by atoms with Crippen LogP contribution in [0.4, 0.5) is 13.2 Å². The van der Waals surface area contributed by atoms with Crippen LogP contribution < -0.4 is 5.73 Å². The average Bonchev–Trinajstić information content (AvgIpc) is 2.70. The van der Waals surface area contributed by atoms with Crippen LogP contribution in [0.25, 0.3) is 0 Å². The molecule has 20 heavy (non-hydrogen) atoms. The van der Waals surface area contributed by atoms with Crippen LogP contribution in [0.1, 0.15) is 17.0 Å². The second-order valence-electron chi connectivity index (χ2n) is 4.21. The van der Waals surface area contributed by atoms with Gasteiger partial charge in [-0.15, -0.1) is 10.2 Å². The molecule has 1 heterocycles. The van der Waals surface area contributed by atoms with Gasteiger partial charge in [-0.2, -0.15) is 13.2 Å². The van der Waals surface area contributed by atoms with Gasteiger partial charge in [0.1, 0.15) is 5.82 Å². The lowest BCUT2D eigenvalue weighted by Gasteiger charge is -2.13. The van der Waals surface area contributed by atoms with E-state index in [1.807, 2.05) is 0 Å². The highest BCUT2D eigenvalue weighted by Crippen LogP contribution is 2.36. The summed E-state index contributed by atoms with van der Waals surface area (Å²) in [6.45, 7) is 1.62. The van der Waals surface area contributed by atoms with Crippen molar-refractivity contribution in [2.24, 2.45) is 12.8 Å². The first-order valence-electron chi connectivity index (χ1n) is 5.77. The summed E-state index contributed by atoms with van der Waals surface area (Å²) in [5, 5.41) is 8.32. The van der Waals surface area contributed by atoms with Crippen LogP contribution >= 0.6 is 11.8 Å². The Morgan fingerprint density at radius 2 is 2.00 bits per heavy atom. The van der Waals surface area contributed by atoms with Gasteiger partial charge in [-0.05, 0) is 36.4 Å². The number of nitrogens with zero attached hydrogens (tertiary/aromatic N) is 3. The third-order valence-electron chi connectivity index (χ3n) is 2.87. The minimum atomic E-state index is -4.42. The van der Waals surface area contributed by atoms with Gasteiger partial charge in [0.2, 0.25) is 0 Å². The number of aryl methyl sites for hydroxylation is 1. The zero-order valence-corrected chi connectivity index (χ0v) is 11.7. The largest absolute Gasteiger partial charge is 0.416 e. The molecule has 0 fully saturated rings. The molecule has 2 N–H and O–H groups in total. The van der Waals surface area contributed by atoms with Gasteiger partial charge >= 0.3 is 6.18 Å². The van der Waals surface area contributed by atoms with Crippen molar-refractivity contribution in [1.29, 1.82) is 0 Å². The zero-order valence-electron chi connectivity index (χ0n) is 10.9. The van der Waals surface area contributed by atoms with E-state index in [0.717, 1.165) is 17.8 Å². The van der Waals surface area contributed by atoms with Gasteiger partial charge in [-0.25, -0.2) is 0 Å². The van der Waals surface area contributed by atoms with Crippen molar-refractivity contribution in [2.75, 3.05) is 0 Å². The standard InChI is InChI=1S/C12H13F3N4S/c1-7-17-18-11(19(7)2)20-9-4-3-8(6-16)10(5-9)12(13,14)15/h3-5H,6,16H2,1-2H3. The number of benzene rings is 1. The predicted molar refractivity (Wildman–Crippen MR) is 69.2 cm³/mol. The molecule has 1 aromatic heterocycles. The van der Waals surface area contributed by atoms with E-state index in [4.69, 9.17) is 5.73 Å². The van der Waals surface area contributed by atoms with Crippen LogP contribution in [0.5, 0.6) is 0 Å². The van der Waals surface area contributed by atoms with Crippen LogP contribution in [0.2, 0.25) is 0 Å². The zero-order chi connectivity index (χ0) is 14.9. The summed E-state index contributed by atoms with van der Waals surface area (Å²) in [6, 6.07) is 4.09. The van der Waals surface area contributed by atoms with E-state index < -0.39 is 11.7 Å². The lowest BCUT2D eigenvalue weighted by atomic mass is 10.1. The predicted octanol–water partition coefficient (Wildman–Crippen LogP) is 2.75. The van der Waals surface area contributed by atoms with Gasteiger partial charge in [0, 0.05) is 18.5 Å². The Morgan fingerprint density at radius 3 is 2.50 bits per heavy atom. The normalized spacial score (nSPS) is 11.9. The Bertz CT molecular complexity index is 622. The van der Waals surface area contributed by atoms with Crippen molar-refractivity contribution >= 4 is 11.8 Å². The van der Waals surface area contributed by atoms with Crippen molar-refractivity contribution in [2.45, 2.75) is 29.7 Å². The fourth-order valence-electron chi connectivity index (χ4n) is 1.64. The summed E-state index contributed by atoms with van der Waals surface area (Å²) in [5.74, 6) is 0.696. The molecule has 0 amide bonds. The Hall–Kier alpha value is -1.54. The monoisotopic (exact) mass is 302 g/mol. The van der Waals surface area contributed by atoms with E-state index in [-0.39, 0.29) is 12.1 Å². The number of hydrogen-bond acceptors (Lipinski definition) is 4. The topological polar surface area (TPSA) is 56.7 Å². The van der Waals surface area contributed by atoms with Crippen LogP contribution in [-0.2, 0) is 19.8 Å². The minimum Gasteiger partial charge on any atom is -0.326 e. The van der Waals surface area contributed by atoms with E-state index in [2.05, 4.69) is 10.2 Å². The van der Waals surface area contributed by atoms with Crippen molar-refractivity contribution in [3.8, 4) is 0 Å². The molecule has 0 spiro atoms. The number of rotatable bonds is 3. The number of halogens is 3. The molecule has 2 rings (SSSR count). The molecule has 0 aliphatic heterocycles. The Balaban J connectivity index is 2.37. The molecule has 0 aliphatic carbocycles. The third kappa shape index (κ3) is 2.96. The van der Waals surface area contributed by atoms with Gasteiger partial charge in [0.15, 0.2) is 5.16 Å². The first kappa shape index (κ1) is 14.9. The van der Waals surface area contributed by atoms with Crippen molar-refractivity contribution in [3.05, 3.63) is 35.2 Å². The Kier molecular flexibility index (Phi) is 4.05. The van der Waals surface area contributed by atoms with Crippen LogP contribution in [0.3, 0.4) is 0 Å². The quantitative estimate of drug-likeness (QED) is 0.947. The second kappa shape index (κ2) is 5.45. The minimum absolute atomic E-state index is 0.0796. The number of hydrogen-bond donors (Lipinski definition) is 1. The van der Waals surface area contributed by atoms with Crippen molar-refractivity contribution in [1.82, 2.24) is 14.8 Å². The molecule has 4 nitrogen and oxygen atoms in total. The molecule has 2 aromatic rings. The molecule has 0 saturated heterocycles. The SMILES string of the molecule is Cc1nnc(Sc2ccc(CN)c(C(F)(F)F)c2)n1C. The maximum absolute atomic E-state index is 12.9. The van der Waals surface area contributed by atoms with Crippen LogP contribution in [0, 0.1) is 6.92 Å². The maximum Gasteiger partial charge on any atom is 0.416 e. The molecular weight excluding hydrogens is 289 g/mol. The molecule has 8 heteroatoms. The van der Waals surface area contributed by atoms with Crippen molar-refractivity contribution in [3.63, 3.8) is 0 Å². The highest BCUT2D eigenvalue weighted by molar-refractivity contribution is 7.99. The maximum atomic E-state index is 12.9. The summed E-state index contributed by atoms with van der Waals surface area (Å²) in [5.41, 5.74) is 4.72. The van der Waals surface area contributed by atoms with Crippen LogP contribution in [-0.4, -0.2) is 14.8 Å². The van der Waals surface area contributed by atoms with Crippen molar-refractivity contribution < 1.29 is 13.2 Å². The van der Waals surface area contributed by atoms with Gasteiger partial charge < -0.3 is 10.3 Å². The Morgan fingerprint density at radius 1 is 1.30 bits per heavy atom. The summed E-state index contributed by atoms with van der Waals surface area (Å²) in [7, 11) is 1.76. The molecule has 0 unspecified atom stereocenters. The molecular formula is C12H13F3N4S. The highest BCUT2D eigenvalue weighted by atomic mass is 32.2. The summed E-state index contributed by atoms with van der Waals surface area (Å²) in [6.07, 6.45) is -4.42. The fraction of sp³-hybridized carbons (Fsp3) is 0.333. The molecule has 0 radical (unpaired) electrons. The van der Waals surface area contributed by atoms with E-state index in [1.54, 1.807) is 24.6 Å². The molecule has 1 aromatic carbocycles. The smallest absolute Gasteiger partial charge is 0.326 e. The lowest BCUT2D eigenvalue weighted by Crippen LogP contribution is -2.12. The fourth-order valence-corrected chi connectivity index (χ4v) is 2.52. The van der Waals surface area contributed by atoms with Gasteiger partial charge in [0.25, 0.3) is 0 Å². The summed E-state index contributed by atoms with van der Waals surface area (Å²) >= 11 is 1.13. The van der Waals surface area contributed by atoms with E-state index >= 15 is 0 Å². The molecule has 0 bridgehead atoms. The van der Waals surface area contributed by atoms with E-state index in [9.17, 15) is 13.2 Å². The third-order valence-corrected chi connectivity index (χ3v) is 3.90. The van der Waals surface area contributed by atoms with E-state index in [0.29, 0.717) is 15.9 Å². The second-order valence-corrected chi connectivity index (χ2v) is 5.25. The molecule has 0 saturated carbocycles. The highest BCUT2D eigenvalue weighted by Gasteiger charge is 2.33. The van der Waals surface area contributed by atoms with Gasteiger partial charge in [-0.1, -0.05) is 6.07 Å². The summed E-state index contributed by atoms with van der Waals surface area (Å²) in [4.78, 5) is 0.449. The Labute approximate surface area is 118 Å². The number of aromatic nitrogens is 3. The van der Waals surface area contributed by atoms with Gasteiger partial charge in [-0.3, -0.25) is 0 Å². The first-order chi connectivity index (χ1) is 9.32. The van der Waals surface area contributed by atoms with E-state index in [1.165, 1.54) is 6.07 Å². The first-order valence-corrected chi connectivity index (χ1v) is 6.58. The lowest BCUT2D eigenvalue weighted by molar-refractivity contribution is -0.138. The average molecular weight is 302 g/mol. The summed E-state index contributed by atoms with van der Waals surface area (Å²) < 4.78 is 40.5. The molecule has 108 valence electrons. The molecule has 0 atom stereocenters. The van der Waals surface area contributed by atoms with Crippen LogP contribution in [0.15, 0.2) is 28.3 Å².